The number of nitrogens with two attached hydrogens (primary N) is 2. The number of rotatable bonds is 2. The van der Waals surface area contributed by atoms with Crippen molar-refractivity contribution in [1.82, 2.24) is 14.1 Å². The third kappa shape index (κ3) is 4.34. The third-order valence-electron chi connectivity index (χ3n) is 3.53. The average molecular weight is 312 g/mol. The van der Waals surface area contributed by atoms with E-state index < -0.39 is 11.7 Å². The Balaban J connectivity index is 0.000000541. The molecule has 1 aliphatic carbocycles. The van der Waals surface area contributed by atoms with E-state index in [0.29, 0.717) is 5.95 Å². The second-order valence-electron chi connectivity index (χ2n) is 5.49. The molecule has 124 valence electrons. The number of hydrogen-bond acceptors (Lipinski definition) is 5. The molecule has 0 spiro atoms. The molecule has 2 rings (SSSR count). The smallest absolute Gasteiger partial charge is 0.352 e. The van der Waals surface area contributed by atoms with Gasteiger partial charge in [-0.05, 0) is 12.8 Å². The fourth-order valence-electron chi connectivity index (χ4n) is 2.59. The maximum atomic E-state index is 12.3. The lowest BCUT2D eigenvalue weighted by molar-refractivity contribution is 0.256. The Morgan fingerprint density at radius 3 is 2.14 bits per heavy atom. The Labute approximate surface area is 128 Å². The zero-order valence-corrected chi connectivity index (χ0v) is 13.3. The van der Waals surface area contributed by atoms with E-state index in [0.717, 1.165) is 25.7 Å². The van der Waals surface area contributed by atoms with Crippen LogP contribution in [0.3, 0.4) is 0 Å². The normalized spacial score (nSPS) is 14.9. The standard InChI is InChI=1S/C12H20N4O2.CH4N2O/c1-14(2)10-13-11(17)16(12(18)15(10)3)9-7-5-4-6-8-9;2-1(3)4/h9H,4-8H2,1-3H3;(H4,2,3,4). The van der Waals surface area contributed by atoms with Crippen LogP contribution in [0, 0.1) is 0 Å². The van der Waals surface area contributed by atoms with Crippen LogP contribution < -0.4 is 27.7 Å². The van der Waals surface area contributed by atoms with Crippen LogP contribution in [0.25, 0.3) is 0 Å². The van der Waals surface area contributed by atoms with Crippen molar-refractivity contribution >= 4 is 12.0 Å². The summed E-state index contributed by atoms with van der Waals surface area (Å²) in [4.78, 5) is 39.0. The van der Waals surface area contributed by atoms with Crippen molar-refractivity contribution in [2.24, 2.45) is 18.5 Å². The third-order valence-corrected chi connectivity index (χ3v) is 3.53. The van der Waals surface area contributed by atoms with Gasteiger partial charge in [-0.2, -0.15) is 4.98 Å². The molecule has 0 unspecified atom stereocenters. The lowest BCUT2D eigenvalue weighted by Gasteiger charge is -2.24. The summed E-state index contributed by atoms with van der Waals surface area (Å²) in [6, 6.07) is -0.811. The minimum absolute atomic E-state index is 0.0219. The van der Waals surface area contributed by atoms with E-state index in [-0.39, 0.29) is 11.7 Å². The van der Waals surface area contributed by atoms with Gasteiger partial charge in [-0.25, -0.2) is 19.0 Å². The van der Waals surface area contributed by atoms with Gasteiger partial charge < -0.3 is 16.4 Å². The SMILES string of the molecule is CN(C)c1nc(=O)n(C2CCCCC2)c(=O)n1C.NC(N)=O. The summed E-state index contributed by atoms with van der Waals surface area (Å²) in [7, 11) is 5.20. The summed E-state index contributed by atoms with van der Waals surface area (Å²) in [5.74, 6) is 0.400. The monoisotopic (exact) mass is 312 g/mol. The Bertz CT molecular complexity index is 624. The summed E-state index contributed by atoms with van der Waals surface area (Å²) >= 11 is 0. The number of carbonyl (C=O) groups excluding carboxylic acids is 1. The number of urea groups is 1. The van der Waals surface area contributed by atoms with Crippen molar-refractivity contribution in [3.8, 4) is 0 Å². The van der Waals surface area contributed by atoms with Crippen LogP contribution in [0.2, 0.25) is 0 Å². The van der Waals surface area contributed by atoms with E-state index >= 15 is 0 Å². The van der Waals surface area contributed by atoms with Gasteiger partial charge >= 0.3 is 17.4 Å². The molecule has 0 radical (unpaired) electrons. The number of aromatic nitrogens is 3. The second-order valence-corrected chi connectivity index (χ2v) is 5.49. The molecular formula is C13H24N6O3. The minimum atomic E-state index is -0.833. The largest absolute Gasteiger partial charge is 0.355 e. The highest BCUT2D eigenvalue weighted by Gasteiger charge is 2.21. The summed E-state index contributed by atoms with van der Waals surface area (Å²) in [5, 5.41) is 0. The van der Waals surface area contributed by atoms with E-state index in [9.17, 15) is 9.59 Å². The molecule has 0 saturated heterocycles. The minimum Gasteiger partial charge on any atom is -0.352 e. The van der Waals surface area contributed by atoms with Gasteiger partial charge in [0.05, 0.1) is 0 Å². The summed E-state index contributed by atoms with van der Waals surface area (Å²) < 4.78 is 2.77. The first-order valence-electron chi connectivity index (χ1n) is 7.17. The van der Waals surface area contributed by atoms with Crippen LogP contribution in [0.1, 0.15) is 38.1 Å². The van der Waals surface area contributed by atoms with Crippen LogP contribution >= 0.6 is 0 Å². The highest BCUT2D eigenvalue weighted by atomic mass is 16.2. The first-order chi connectivity index (χ1) is 10.3. The first kappa shape index (κ1) is 17.7. The number of anilines is 1. The van der Waals surface area contributed by atoms with Crippen LogP contribution in [-0.2, 0) is 7.05 Å². The lowest BCUT2D eigenvalue weighted by Crippen LogP contribution is -2.45. The molecule has 1 aliphatic rings. The molecule has 22 heavy (non-hydrogen) atoms. The predicted octanol–water partition coefficient (Wildman–Crippen LogP) is -0.463. The van der Waals surface area contributed by atoms with Gasteiger partial charge in [0, 0.05) is 27.2 Å². The zero-order chi connectivity index (χ0) is 16.9. The molecule has 1 saturated carbocycles. The Morgan fingerprint density at radius 2 is 1.68 bits per heavy atom. The molecule has 4 N–H and O–H groups in total. The number of carbonyl (C=O) groups is 1. The van der Waals surface area contributed by atoms with Gasteiger partial charge in [0.2, 0.25) is 5.95 Å². The van der Waals surface area contributed by atoms with E-state index in [1.165, 1.54) is 15.6 Å². The summed E-state index contributed by atoms with van der Waals surface area (Å²) in [5.41, 5.74) is 7.82. The van der Waals surface area contributed by atoms with E-state index in [4.69, 9.17) is 4.79 Å². The van der Waals surface area contributed by atoms with Crippen LogP contribution in [-0.4, -0.2) is 34.2 Å². The molecule has 9 heteroatoms. The van der Waals surface area contributed by atoms with Gasteiger partial charge in [-0.15, -0.1) is 0 Å². The number of primary amides is 2. The van der Waals surface area contributed by atoms with E-state index in [2.05, 4.69) is 16.5 Å². The van der Waals surface area contributed by atoms with Crippen molar-refractivity contribution in [3.05, 3.63) is 21.0 Å². The molecule has 1 fully saturated rings. The van der Waals surface area contributed by atoms with Crippen molar-refractivity contribution in [1.29, 1.82) is 0 Å². The van der Waals surface area contributed by atoms with Gasteiger partial charge in [0.25, 0.3) is 0 Å². The Morgan fingerprint density at radius 1 is 1.18 bits per heavy atom. The van der Waals surface area contributed by atoms with E-state index in [1.807, 2.05) is 0 Å². The summed E-state index contributed by atoms with van der Waals surface area (Å²) in [6.07, 6.45) is 5.15. The second kappa shape index (κ2) is 7.62. The maximum Gasteiger partial charge on any atom is 0.355 e. The van der Waals surface area contributed by atoms with Crippen molar-refractivity contribution < 1.29 is 4.79 Å². The van der Waals surface area contributed by atoms with Gasteiger partial charge in [-0.1, -0.05) is 19.3 Å². The van der Waals surface area contributed by atoms with Crippen LogP contribution in [0.15, 0.2) is 9.59 Å². The highest BCUT2D eigenvalue weighted by Crippen LogP contribution is 2.25. The lowest BCUT2D eigenvalue weighted by atomic mass is 9.95. The molecule has 0 aliphatic heterocycles. The zero-order valence-electron chi connectivity index (χ0n) is 13.3. The highest BCUT2D eigenvalue weighted by molar-refractivity contribution is 5.69. The Kier molecular flexibility index (Phi) is 6.14. The van der Waals surface area contributed by atoms with Crippen molar-refractivity contribution in [2.45, 2.75) is 38.1 Å². The first-order valence-corrected chi connectivity index (χ1v) is 7.17. The number of hydrogen-bond donors (Lipinski definition) is 2. The molecule has 0 aromatic carbocycles. The Hall–Kier alpha value is -2.32. The molecule has 1 aromatic rings. The molecular weight excluding hydrogens is 288 g/mol. The van der Waals surface area contributed by atoms with Crippen molar-refractivity contribution in [3.63, 3.8) is 0 Å². The van der Waals surface area contributed by atoms with Gasteiger partial charge in [-0.3, -0.25) is 4.57 Å². The number of amides is 2. The molecule has 2 amide bonds. The maximum absolute atomic E-state index is 12.3. The fourth-order valence-corrected chi connectivity index (χ4v) is 2.59. The van der Waals surface area contributed by atoms with Crippen molar-refractivity contribution in [2.75, 3.05) is 19.0 Å². The molecule has 9 nitrogen and oxygen atoms in total. The molecule has 1 heterocycles. The fraction of sp³-hybridized carbons (Fsp3) is 0.692. The van der Waals surface area contributed by atoms with Gasteiger partial charge in [0.1, 0.15) is 0 Å². The van der Waals surface area contributed by atoms with Crippen LogP contribution in [0.4, 0.5) is 10.7 Å². The summed E-state index contributed by atoms with van der Waals surface area (Å²) in [6.45, 7) is 0. The average Bonchev–Trinajstić information content (AvgIpc) is 2.43. The quantitative estimate of drug-likeness (QED) is 0.763. The molecule has 0 bridgehead atoms. The molecule has 1 aromatic heterocycles. The molecule has 0 atom stereocenters. The number of nitrogens with zero attached hydrogens (tertiary/aromatic N) is 4. The van der Waals surface area contributed by atoms with E-state index in [1.54, 1.807) is 26.0 Å². The van der Waals surface area contributed by atoms with Gasteiger partial charge in [0.15, 0.2) is 0 Å². The predicted molar refractivity (Wildman–Crippen MR) is 84.0 cm³/mol. The van der Waals surface area contributed by atoms with Crippen LogP contribution in [0.5, 0.6) is 0 Å². The topological polar surface area (TPSA) is 129 Å².